The SMILES string of the molecule is O=S(=O)([O-])C1(O)C=Cc2cc3ccccc3cc2C1(O)S(=O)(=O)[O-].[Na+]. The Bertz CT molecular complexity index is 1090. The predicted molar refractivity (Wildman–Crippen MR) is 81.2 cm³/mol. The Labute approximate surface area is 165 Å². The molecule has 25 heavy (non-hydrogen) atoms. The van der Waals surface area contributed by atoms with E-state index in [0.29, 0.717) is 16.8 Å². The maximum Gasteiger partial charge on any atom is 1.00 e. The summed E-state index contributed by atoms with van der Waals surface area (Å²) in [5.41, 5.74) is -0.690. The third kappa shape index (κ3) is 2.78. The molecule has 0 bridgehead atoms. The van der Waals surface area contributed by atoms with E-state index < -0.39 is 35.7 Å². The average molecular weight is 393 g/mol. The van der Waals surface area contributed by atoms with Crippen LogP contribution in [0.3, 0.4) is 0 Å². The number of fused-ring (bicyclic) bond motifs is 2. The Kier molecular flexibility index (Phi) is 5.01. The van der Waals surface area contributed by atoms with Crippen LogP contribution in [0.1, 0.15) is 11.1 Å². The predicted octanol–water partition coefficient (Wildman–Crippen LogP) is -3.21. The standard InChI is InChI=1S/C14H12O8S2.Na/c15-13(23(17,18)19)6-5-11-7-9-3-1-2-4-10(9)8-12(11)14(13,16)24(20,21)22;/h1-8,15-16H,(H,17,18,19)(H,20,21,22);/q;+1/p-2. The van der Waals surface area contributed by atoms with Gasteiger partial charge in [0.1, 0.15) is 20.2 Å². The van der Waals surface area contributed by atoms with Crippen LogP contribution >= 0.6 is 0 Å². The molecule has 2 aromatic carbocycles. The zero-order valence-electron chi connectivity index (χ0n) is 12.8. The van der Waals surface area contributed by atoms with E-state index in [0.717, 1.165) is 12.1 Å². The molecule has 0 saturated carbocycles. The van der Waals surface area contributed by atoms with Gasteiger partial charge in [-0.15, -0.1) is 0 Å². The fraction of sp³-hybridized carbons (Fsp3) is 0.143. The Morgan fingerprint density at radius 3 is 1.88 bits per heavy atom. The molecule has 0 amide bonds. The van der Waals surface area contributed by atoms with Crippen molar-refractivity contribution in [3.63, 3.8) is 0 Å². The minimum atomic E-state index is -5.87. The number of aliphatic hydroxyl groups is 2. The Morgan fingerprint density at radius 2 is 1.40 bits per heavy atom. The zero-order valence-corrected chi connectivity index (χ0v) is 16.4. The summed E-state index contributed by atoms with van der Waals surface area (Å²) in [5, 5.41) is 21.6. The summed E-state index contributed by atoms with van der Waals surface area (Å²) in [6, 6.07) is 8.93. The number of hydrogen-bond acceptors (Lipinski definition) is 8. The molecule has 0 spiro atoms. The first kappa shape index (κ1) is 20.5. The van der Waals surface area contributed by atoms with Crippen LogP contribution in [0.2, 0.25) is 0 Å². The first-order chi connectivity index (χ1) is 10.9. The van der Waals surface area contributed by atoms with Crippen molar-refractivity contribution in [2.45, 2.75) is 9.87 Å². The molecule has 11 heteroatoms. The van der Waals surface area contributed by atoms with Gasteiger partial charge in [0, 0.05) is 5.56 Å². The maximum atomic E-state index is 11.7. The van der Waals surface area contributed by atoms with Crippen molar-refractivity contribution in [1.82, 2.24) is 0 Å². The van der Waals surface area contributed by atoms with Crippen molar-refractivity contribution in [2.24, 2.45) is 0 Å². The van der Waals surface area contributed by atoms with Crippen LogP contribution < -0.4 is 29.6 Å². The molecule has 2 aromatic rings. The van der Waals surface area contributed by atoms with Gasteiger partial charge in [-0.3, -0.25) is 0 Å². The molecule has 0 aromatic heterocycles. The molecule has 0 aliphatic heterocycles. The molecule has 2 N–H and O–H groups in total. The van der Waals surface area contributed by atoms with Crippen molar-refractivity contribution >= 4 is 37.1 Å². The molecule has 0 fully saturated rings. The second-order valence-corrected chi connectivity index (χ2v) is 8.40. The van der Waals surface area contributed by atoms with Gasteiger partial charge in [-0.1, -0.05) is 30.3 Å². The summed E-state index contributed by atoms with van der Waals surface area (Å²) in [4.78, 5) is -7.73. The summed E-state index contributed by atoms with van der Waals surface area (Å²) >= 11 is 0. The van der Waals surface area contributed by atoms with E-state index in [-0.39, 0.29) is 35.1 Å². The summed E-state index contributed by atoms with van der Waals surface area (Å²) in [6.45, 7) is 0. The molecule has 0 heterocycles. The van der Waals surface area contributed by atoms with Gasteiger partial charge in [-0.25, -0.2) is 16.8 Å². The first-order valence-electron chi connectivity index (χ1n) is 6.50. The van der Waals surface area contributed by atoms with E-state index in [4.69, 9.17) is 0 Å². The van der Waals surface area contributed by atoms with E-state index in [9.17, 15) is 36.2 Å². The van der Waals surface area contributed by atoms with Gasteiger partial charge in [0.15, 0.2) is 0 Å². The Morgan fingerprint density at radius 1 is 0.880 bits per heavy atom. The molecule has 3 rings (SSSR count). The topological polar surface area (TPSA) is 155 Å². The fourth-order valence-corrected chi connectivity index (χ4v) is 4.93. The molecule has 0 saturated heterocycles. The normalized spacial score (nSPS) is 26.1. The Hall–Kier alpha value is -0.820. The molecule has 2 unspecified atom stereocenters. The van der Waals surface area contributed by atoms with Gasteiger partial charge >= 0.3 is 29.6 Å². The number of hydrogen-bond donors (Lipinski definition) is 2. The fourth-order valence-electron chi connectivity index (χ4n) is 2.76. The van der Waals surface area contributed by atoms with Crippen LogP contribution in [0.5, 0.6) is 0 Å². The van der Waals surface area contributed by atoms with Crippen LogP contribution in [0, 0.1) is 0 Å². The van der Waals surface area contributed by atoms with Crippen LogP contribution in [-0.2, 0) is 25.2 Å². The van der Waals surface area contributed by atoms with Gasteiger partial charge in [0.25, 0.3) is 0 Å². The van der Waals surface area contributed by atoms with Crippen molar-refractivity contribution in [3.05, 3.63) is 53.6 Å². The van der Waals surface area contributed by atoms with E-state index >= 15 is 0 Å². The van der Waals surface area contributed by atoms with Crippen molar-refractivity contribution < 1.29 is 65.7 Å². The van der Waals surface area contributed by atoms with Gasteiger partial charge < -0.3 is 19.3 Å². The summed E-state index contributed by atoms with van der Waals surface area (Å²) in [5.74, 6) is 0. The van der Waals surface area contributed by atoms with E-state index in [1.807, 2.05) is 0 Å². The molecule has 2 atom stereocenters. The minimum Gasteiger partial charge on any atom is -0.745 e. The summed E-state index contributed by atoms with van der Waals surface area (Å²) in [6.07, 6.45) is 1.28. The van der Waals surface area contributed by atoms with Crippen molar-refractivity contribution in [2.75, 3.05) is 0 Å². The van der Waals surface area contributed by atoms with Crippen LogP contribution in [0.25, 0.3) is 16.8 Å². The van der Waals surface area contributed by atoms with Gasteiger partial charge in [0.05, 0.1) is 0 Å². The smallest absolute Gasteiger partial charge is 0.745 e. The quantitative estimate of drug-likeness (QED) is 0.399. The maximum absolute atomic E-state index is 11.7. The van der Waals surface area contributed by atoms with Gasteiger partial charge in [0.2, 0.25) is 9.87 Å². The molecule has 1 aliphatic carbocycles. The number of benzene rings is 2. The summed E-state index contributed by atoms with van der Waals surface area (Å²) < 4.78 is 69.3. The zero-order chi connectivity index (χ0) is 18.0. The third-order valence-corrected chi connectivity index (χ3v) is 6.58. The average Bonchev–Trinajstić information content (AvgIpc) is 2.47. The summed E-state index contributed by atoms with van der Waals surface area (Å²) in [7, 11) is -11.7. The second kappa shape index (κ2) is 6.12. The van der Waals surface area contributed by atoms with E-state index in [1.54, 1.807) is 18.2 Å². The van der Waals surface area contributed by atoms with Gasteiger partial charge in [-0.2, -0.15) is 0 Å². The van der Waals surface area contributed by atoms with E-state index in [1.165, 1.54) is 12.1 Å². The molecule has 1 aliphatic rings. The molecule has 0 radical (unpaired) electrons. The molecule has 128 valence electrons. The Balaban J connectivity index is 0.00000225. The minimum absolute atomic E-state index is 0. The molecular formula is C14H10NaO8S2-. The van der Waals surface area contributed by atoms with Crippen LogP contribution in [0.4, 0.5) is 0 Å². The molecular weight excluding hydrogens is 383 g/mol. The van der Waals surface area contributed by atoms with E-state index in [2.05, 4.69) is 0 Å². The number of rotatable bonds is 2. The van der Waals surface area contributed by atoms with Gasteiger partial charge in [-0.05, 0) is 34.5 Å². The third-order valence-electron chi connectivity index (χ3n) is 4.00. The monoisotopic (exact) mass is 393 g/mol. The van der Waals surface area contributed by atoms with Crippen LogP contribution in [0.15, 0.2) is 42.5 Å². The second-order valence-electron chi connectivity index (χ2n) is 5.37. The first-order valence-corrected chi connectivity index (χ1v) is 9.31. The van der Waals surface area contributed by atoms with Crippen LogP contribution in [-0.4, -0.2) is 41.1 Å². The largest absolute Gasteiger partial charge is 1.00 e. The molecule has 8 nitrogen and oxygen atoms in total. The van der Waals surface area contributed by atoms with Crippen molar-refractivity contribution in [3.8, 4) is 0 Å². The van der Waals surface area contributed by atoms with Crippen molar-refractivity contribution in [1.29, 1.82) is 0 Å².